The van der Waals surface area contributed by atoms with Crippen LogP contribution in [0, 0.1) is 5.92 Å². The predicted molar refractivity (Wildman–Crippen MR) is 65.1 cm³/mol. The molecule has 0 aliphatic heterocycles. The van der Waals surface area contributed by atoms with Gasteiger partial charge in [0.2, 0.25) is 0 Å². The van der Waals surface area contributed by atoms with Gasteiger partial charge < -0.3 is 20.7 Å². The van der Waals surface area contributed by atoms with Crippen molar-refractivity contribution in [2.75, 3.05) is 6.54 Å². The molecule has 0 saturated carbocycles. The summed E-state index contributed by atoms with van der Waals surface area (Å²) in [6.07, 6.45) is 3.96. The molecule has 2 atom stereocenters. The summed E-state index contributed by atoms with van der Waals surface area (Å²) in [5.74, 6) is -0.763. The number of aromatic nitrogens is 2. The molecule has 0 bridgehead atoms. The number of aromatic amines is 1. The van der Waals surface area contributed by atoms with Gasteiger partial charge in [0.15, 0.2) is 0 Å². The molecule has 4 N–H and O–H groups in total. The van der Waals surface area contributed by atoms with Crippen LogP contribution in [0.25, 0.3) is 0 Å². The zero-order valence-corrected chi connectivity index (χ0v) is 10.4. The fourth-order valence-corrected chi connectivity index (χ4v) is 1.33. The van der Waals surface area contributed by atoms with Crippen molar-refractivity contribution in [2.24, 2.45) is 5.92 Å². The maximum absolute atomic E-state index is 11.5. The summed E-state index contributed by atoms with van der Waals surface area (Å²) < 4.78 is 0. The summed E-state index contributed by atoms with van der Waals surface area (Å²) in [4.78, 5) is 29.1. The van der Waals surface area contributed by atoms with Crippen molar-refractivity contribution >= 4 is 12.0 Å². The van der Waals surface area contributed by atoms with Gasteiger partial charge in [-0.2, -0.15) is 0 Å². The number of rotatable bonds is 6. The van der Waals surface area contributed by atoms with Crippen LogP contribution < -0.4 is 10.6 Å². The number of aliphatic carboxylic acids is 1. The Morgan fingerprint density at radius 2 is 2.22 bits per heavy atom. The highest BCUT2D eigenvalue weighted by molar-refractivity contribution is 5.76. The third-order valence-corrected chi connectivity index (χ3v) is 2.70. The first-order chi connectivity index (χ1) is 8.50. The van der Waals surface area contributed by atoms with E-state index in [2.05, 4.69) is 20.6 Å². The summed E-state index contributed by atoms with van der Waals surface area (Å²) in [5, 5.41) is 14.0. The van der Waals surface area contributed by atoms with Crippen LogP contribution in [0.3, 0.4) is 0 Å². The second-order valence-corrected chi connectivity index (χ2v) is 4.10. The minimum Gasteiger partial charge on any atom is -0.481 e. The SMILES string of the molecule is CC(NC(=O)NCCc1ncc[nH]1)C(C)C(=O)O. The lowest BCUT2D eigenvalue weighted by Crippen LogP contribution is -2.45. The third kappa shape index (κ3) is 4.44. The highest BCUT2D eigenvalue weighted by Gasteiger charge is 2.20. The molecule has 0 aliphatic rings. The summed E-state index contributed by atoms with van der Waals surface area (Å²) in [7, 11) is 0. The topological polar surface area (TPSA) is 107 Å². The number of imidazole rings is 1. The molecule has 1 rings (SSSR count). The Morgan fingerprint density at radius 1 is 1.50 bits per heavy atom. The van der Waals surface area contributed by atoms with Crippen molar-refractivity contribution in [3.05, 3.63) is 18.2 Å². The highest BCUT2D eigenvalue weighted by atomic mass is 16.4. The van der Waals surface area contributed by atoms with E-state index < -0.39 is 17.9 Å². The van der Waals surface area contributed by atoms with E-state index in [0.29, 0.717) is 13.0 Å². The van der Waals surface area contributed by atoms with Gasteiger partial charge in [-0.1, -0.05) is 0 Å². The Bertz CT molecular complexity index is 391. The molecule has 100 valence electrons. The number of nitrogens with zero attached hydrogens (tertiary/aromatic N) is 1. The zero-order chi connectivity index (χ0) is 13.5. The standard InChI is InChI=1S/C11H18N4O3/c1-7(10(16)17)8(2)15-11(18)14-4-3-9-12-5-6-13-9/h5-8H,3-4H2,1-2H3,(H,12,13)(H,16,17)(H2,14,15,18). The average Bonchev–Trinajstić information content (AvgIpc) is 2.80. The lowest BCUT2D eigenvalue weighted by molar-refractivity contribution is -0.141. The Labute approximate surface area is 105 Å². The number of nitrogens with one attached hydrogen (secondary N) is 3. The average molecular weight is 254 g/mol. The molecule has 1 aromatic heterocycles. The molecule has 0 aromatic carbocycles. The maximum Gasteiger partial charge on any atom is 0.315 e. The van der Waals surface area contributed by atoms with E-state index in [9.17, 15) is 9.59 Å². The number of carboxylic acid groups (broad SMARTS) is 1. The summed E-state index contributed by atoms with van der Waals surface area (Å²) in [6.45, 7) is 3.65. The number of urea groups is 1. The summed E-state index contributed by atoms with van der Waals surface area (Å²) in [6, 6.07) is -0.798. The quantitative estimate of drug-likeness (QED) is 0.588. The zero-order valence-electron chi connectivity index (χ0n) is 10.4. The lowest BCUT2D eigenvalue weighted by Gasteiger charge is -2.17. The highest BCUT2D eigenvalue weighted by Crippen LogP contribution is 2.01. The van der Waals surface area contributed by atoms with Crippen LogP contribution >= 0.6 is 0 Å². The fraction of sp³-hybridized carbons (Fsp3) is 0.545. The van der Waals surface area contributed by atoms with Gasteiger partial charge in [-0.3, -0.25) is 4.79 Å². The minimum absolute atomic E-state index is 0.373. The van der Waals surface area contributed by atoms with Crippen molar-refractivity contribution < 1.29 is 14.7 Å². The van der Waals surface area contributed by atoms with Crippen molar-refractivity contribution in [1.82, 2.24) is 20.6 Å². The monoisotopic (exact) mass is 254 g/mol. The molecule has 2 amide bonds. The predicted octanol–water partition coefficient (Wildman–Crippen LogP) is 0.361. The van der Waals surface area contributed by atoms with Gasteiger partial charge in [-0.25, -0.2) is 9.78 Å². The normalized spacial score (nSPS) is 13.7. The van der Waals surface area contributed by atoms with Crippen LogP contribution in [0.2, 0.25) is 0 Å². The van der Waals surface area contributed by atoms with Gasteiger partial charge in [0.1, 0.15) is 5.82 Å². The van der Waals surface area contributed by atoms with Crippen LogP contribution in [0.1, 0.15) is 19.7 Å². The molecule has 18 heavy (non-hydrogen) atoms. The van der Waals surface area contributed by atoms with E-state index in [4.69, 9.17) is 5.11 Å². The molecule has 7 nitrogen and oxygen atoms in total. The molecule has 0 aliphatic carbocycles. The number of H-pyrrole nitrogens is 1. The van der Waals surface area contributed by atoms with Gasteiger partial charge in [0.05, 0.1) is 5.92 Å². The van der Waals surface area contributed by atoms with E-state index in [1.165, 1.54) is 0 Å². The summed E-state index contributed by atoms with van der Waals surface area (Å²) in [5.41, 5.74) is 0. The molecule has 0 radical (unpaired) electrons. The number of carbonyl (C=O) groups is 2. The number of carboxylic acids is 1. The van der Waals surface area contributed by atoms with Crippen molar-refractivity contribution in [3.63, 3.8) is 0 Å². The largest absolute Gasteiger partial charge is 0.481 e. The number of carbonyl (C=O) groups excluding carboxylic acids is 1. The van der Waals surface area contributed by atoms with E-state index >= 15 is 0 Å². The Balaban J connectivity index is 2.23. The maximum atomic E-state index is 11.5. The molecule has 2 unspecified atom stereocenters. The molecular formula is C11H18N4O3. The van der Waals surface area contributed by atoms with Gasteiger partial charge in [-0.05, 0) is 13.8 Å². The molecule has 0 saturated heterocycles. The van der Waals surface area contributed by atoms with E-state index in [0.717, 1.165) is 5.82 Å². The van der Waals surface area contributed by atoms with Crippen molar-refractivity contribution in [2.45, 2.75) is 26.3 Å². The van der Waals surface area contributed by atoms with E-state index in [-0.39, 0.29) is 6.03 Å². The van der Waals surface area contributed by atoms with Crippen LogP contribution in [0.15, 0.2) is 12.4 Å². The first-order valence-corrected chi connectivity index (χ1v) is 5.76. The lowest BCUT2D eigenvalue weighted by atomic mass is 10.0. The number of hydrogen-bond donors (Lipinski definition) is 4. The second kappa shape index (κ2) is 6.63. The first-order valence-electron chi connectivity index (χ1n) is 5.76. The van der Waals surface area contributed by atoms with E-state index in [1.807, 2.05) is 0 Å². The Hall–Kier alpha value is -2.05. The van der Waals surface area contributed by atoms with Gasteiger partial charge in [0, 0.05) is 31.4 Å². The molecular weight excluding hydrogens is 236 g/mol. The first kappa shape index (κ1) is 14.0. The van der Waals surface area contributed by atoms with Gasteiger partial charge >= 0.3 is 12.0 Å². The van der Waals surface area contributed by atoms with Crippen LogP contribution in [-0.2, 0) is 11.2 Å². The van der Waals surface area contributed by atoms with Gasteiger partial charge in [-0.15, -0.1) is 0 Å². The van der Waals surface area contributed by atoms with Crippen LogP contribution in [0.4, 0.5) is 4.79 Å². The number of amides is 2. The second-order valence-electron chi connectivity index (χ2n) is 4.10. The third-order valence-electron chi connectivity index (χ3n) is 2.70. The van der Waals surface area contributed by atoms with Crippen molar-refractivity contribution in [1.29, 1.82) is 0 Å². The van der Waals surface area contributed by atoms with E-state index in [1.54, 1.807) is 26.2 Å². The molecule has 1 heterocycles. The molecule has 7 heteroatoms. The molecule has 1 aromatic rings. The van der Waals surface area contributed by atoms with Crippen LogP contribution in [-0.4, -0.2) is 39.7 Å². The summed E-state index contributed by atoms with van der Waals surface area (Å²) >= 11 is 0. The van der Waals surface area contributed by atoms with Crippen LogP contribution in [0.5, 0.6) is 0 Å². The minimum atomic E-state index is -0.932. The molecule has 0 spiro atoms. The Kier molecular flexibility index (Phi) is 5.16. The fourth-order valence-electron chi connectivity index (χ4n) is 1.33. The smallest absolute Gasteiger partial charge is 0.315 e. The number of hydrogen-bond acceptors (Lipinski definition) is 3. The van der Waals surface area contributed by atoms with Crippen molar-refractivity contribution in [3.8, 4) is 0 Å². The van der Waals surface area contributed by atoms with Gasteiger partial charge in [0.25, 0.3) is 0 Å². The molecule has 0 fully saturated rings. The Morgan fingerprint density at radius 3 is 2.78 bits per heavy atom.